The molecule has 5 heteroatoms. The molecule has 2 N–H and O–H groups in total. The predicted octanol–water partition coefficient (Wildman–Crippen LogP) is 3.58. The van der Waals surface area contributed by atoms with Crippen LogP contribution < -0.4 is 5.32 Å². The number of aromatic nitrogens is 1. The van der Waals surface area contributed by atoms with Crippen LogP contribution in [-0.4, -0.2) is 22.2 Å². The van der Waals surface area contributed by atoms with E-state index in [0.717, 1.165) is 11.1 Å². The third-order valence-corrected chi connectivity index (χ3v) is 3.94. The SMILES string of the molecule is CC(CC(O)c1ccccc1)NC(=O)c1cc(-c2ccccc2)no1. The average molecular weight is 336 g/mol. The first kappa shape index (κ1) is 16.9. The molecule has 0 aliphatic rings. The molecule has 5 nitrogen and oxygen atoms in total. The number of aliphatic hydroxyl groups is 1. The van der Waals surface area contributed by atoms with E-state index in [0.29, 0.717) is 12.1 Å². The number of nitrogens with one attached hydrogen (secondary N) is 1. The van der Waals surface area contributed by atoms with Crippen molar-refractivity contribution in [2.45, 2.75) is 25.5 Å². The van der Waals surface area contributed by atoms with Gasteiger partial charge in [0, 0.05) is 17.7 Å². The number of rotatable bonds is 6. The minimum Gasteiger partial charge on any atom is -0.388 e. The molecule has 2 unspecified atom stereocenters. The van der Waals surface area contributed by atoms with E-state index in [2.05, 4.69) is 10.5 Å². The summed E-state index contributed by atoms with van der Waals surface area (Å²) in [4.78, 5) is 12.3. The Kier molecular flexibility index (Phi) is 5.26. The fraction of sp³-hybridized carbons (Fsp3) is 0.200. The van der Waals surface area contributed by atoms with Crippen molar-refractivity contribution in [1.82, 2.24) is 10.5 Å². The smallest absolute Gasteiger partial charge is 0.290 e. The van der Waals surface area contributed by atoms with Crippen LogP contribution in [0.1, 0.15) is 35.6 Å². The van der Waals surface area contributed by atoms with Crippen molar-refractivity contribution in [3.8, 4) is 11.3 Å². The molecule has 3 aromatic rings. The number of nitrogens with zero attached hydrogens (tertiary/aromatic N) is 1. The van der Waals surface area contributed by atoms with E-state index < -0.39 is 6.10 Å². The van der Waals surface area contributed by atoms with Crippen LogP contribution in [-0.2, 0) is 0 Å². The van der Waals surface area contributed by atoms with E-state index in [1.54, 1.807) is 6.07 Å². The number of benzene rings is 2. The fourth-order valence-electron chi connectivity index (χ4n) is 2.63. The lowest BCUT2D eigenvalue weighted by Crippen LogP contribution is -2.33. The highest BCUT2D eigenvalue weighted by molar-refractivity contribution is 5.92. The molecule has 128 valence electrons. The first-order valence-corrected chi connectivity index (χ1v) is 8.19. The topological polar surface area (TPSA) is 75.4 Å². The number of aliphatic hydroxyl groups excluding tert-OH is 1. The average Bonchev–Trinajstić information content (AvgIpc) is 3.13. The Bertz CT molecular complexity index is 815. The van der Waals surface area contributed by atoms with Gasteiger partial charge >= 0.3 is 0 Å². The second-order valence-corrected chi connectivity index (χ2v) is 5.98. The summed E-state index contributed by atoms with van der Waals surface area (Å²) in [6.07, 6.45) is -0.221. The molecule has 25 heavy (non-hydrogen) atoms. The van der Waals surface area contributed by atoms with Gasteiger partial charge in [-0.15, -0.1) is 0 Å². The van der Waals surface area contributed by atoms with E-state index >= 15 is 0 Å². The molecule has 0 saturated heterocycles. The van der Waals surface area contributed by atoms with Gasteiger partial charge in [0.2, 0.25) is 5.76 Å². The molecule has 0 aliphatic heterocycles. The highest BCUT2D eigenvalue weighted by atomic mass is 16.5. The van der Waals surface area contributed by atoms with Gasteiger partial charge in [0.25, 0.3) is 5.91 Å². The lowest BCUT2D eigenvalue weighted by atomic mass is 10.0. The molecule has 0 spiro atoms. The van der Waals surface area contributed by atoms with Crippen LogP contribution in [0.5, 0.6) is 0 Å². The lowest BCUT2D eigenvalue weighted by Gasteiger charge is -2.17. The molecule has 0 saturated carbocycles. The zero-order valence-electron chi connectivity index (χ0n) is 13.9. The van der Waals surface area contributed by atoms with Crippen LogP contribution in [0.15, 0.2) is 71.3 Å². The summed E-state index contributed by atoms with van der Waals surface area (Å²) in [5, 5.41) is 17.0. The normalized spacial score (nSPS) is 13.2. The Balaban J connectivity index is 1.59. The van der Waals surface area contributed by atoms with E-state index in [4.69, 9.17) is 4.52 Å². The van der Waals surface area contributed by atoms with Gasteiger partial charge in [-0.2, -0.15) is 0 Å². The summed E-state index contributed by atoms with van der Waals surface area (Å²) in [5.74, 6) is -0.192. The van der Waals surface area contributed by atoms with Gasteiger partial charge in [-0.05, 0) is 18.9 Å². The van der Waals surface area contributed by atoms with E-state index in [1.165, 1.54) is 0 Å². The van der Waals surface area contributed by atoms with Crippen molar-refractivity contribution in [1.29, 1.82) is 0 Å². The van der Waals surface area contributed by atoms with Crippen LogP contribution in [0.3, 0.4) is 0 Å². The number of hydrogen-bond donors (Lipinski definition) is 2. The molecular weight excluding hydrogens is 316 g/mol. The Morgan fingerprint density at radius 3 is 2.44 bits per heavy atom. The molecule has 0 aliphatic carbocycles. The minimum atomic E-state index is -0.633. The summed E-state index contributed by atoms with van der Waals surface area (Å²) in [6.45, 7) is 1.85. The Hall–Kier alpha value is -2.92. The van der Waals surface area contributed by atoms with Crippen molar-refractivity contribution in [3.05, 3.63) is 78.1 Å². The summed E-state index contributed by atoms with van der Waals surface area (Å²) in [5.41, 5.74) is 2.33. The molecule has 1 heterocycles. The Labute approximate surface area is 146 Å². The summed E-state index contributed by atoms with van der Waals surface area (Å²) >= 11 is 0. The molecule has 3 rings (SSSR count). The first-order chi connectivity index (χ1) is 12.1. The molecule has 1 aromatic heterocycles. The van der Waals surface area contributed by atoms with Gasteiger partial charge in [-0.1, -0.05) is 65.8 Å². The largest absolute Gasteiger partial charge is 0.388 e. The van der Waals surface area contributed by atoms with Gasteiger partial charge in [0.15, 0.2) is 0 Å². The molecule has 1 amide bonds. The van der Waals surface area contributed by atoms with Crippen LogP contribution in [0, 0.1) is 0 Å². The number of amides is 1. The van der Waals surface area contributed by atoms with Gasteiger partial charge < -0.3 is 14.9 Å². The third kappa shape index (κ3) is 4.33. The monoisotopic (exact) mass is 336 g/mol. The number of hydrogen-bond acceptors (Lipinski definition) is 4. The maximum Gasteiger partial charge on any atom is 0.290 e. The number of carbonyl (C=O) groups excluding carboxylic acids is 1. The van der Waals surface area contributed by atoms with Gasteiger partial charge in [-0.25, -0.2) is 0 Å². The van der Waals surface area contributed by atoms with Gasteiger partial charge in [0.1, 0.15) is 5.69 Å². The predicted molar refractivity (Wildman–Crippen MR) is 94.9 cm³/mol. The fourth-order valence-corrected chi connectivity index (χ4v) is 2.63. The standard InChI is InChI=1S/C20H20N2O3/c1-14(12-18(23)16-10-6-3-7-11-16)21-20(24)19-13-17(22-25-19)15-8-4-2-5-9-15/h2-11,13-14,18,23H,12H2,1H3,(H,21,24). The molecule has 2 atom stereocenters. The molecular formula is C20H20N2O3. The van der Waals surface area contributed by atoms with Crippen LogP contribution in [0.2, 0.25) is 0 Å². The maximum atomic E-state index is 12.3. The first-order valence-electron chi connectivity index (χ1n) is 8.19. The molecule has 0 radical (unpaired) electrons. The summed E-state index contributed by atoms with van der Waals surface area (Å²) < 4.78 is 5.15. The van der Waals surface area contributed by atoms with Crippen molar-refractivity contribution in [2.24, 2.45) is 0 Å². The summed E-state index contributed by atoms with van der Waals surface area (Å²) in [6, 6.07) is 20.3. The Morgan fingerprint density at radius 2 is 1.76 bits per heavy atom. The minimum absolute atomic E-state index is 0.153. The second-order valence-electron chi connectivity index (χ2n) is 5.98. The second kappa shape index (κ2) is 7.77. The molecule has 0 bridgehead atoms. The van der Waals surface area contributed by atoms with Crippen LogP contribution in [0.4, 0.5) is 0 Å². The van der Waals surface area contributed by atoms with Gasteiger partial charge in [-0.3, -0.25) is 4.79 Å². The zero-order chi connectivity index (χ0) is 17.6. The summed E-state index contributed by atoms with van der Waals surface area (Å²) in [7, 11) is 0. The molecule has 0 fully saturated rings. The van der Waals surface area contributed by atoms with Crippen LogP contribution >= 0.6 is 0 Å². The van der Waals surface area contributed by atoms with Crippen LogP contribution in [0.25, 0.3) is 11.3 Å². The van der Waals surface area contributed by atoms with E-state index in [-0.39, 0.29) is 17.7 Å². The van der Waals surface area contributed by atoms with Crippen molar-refractivity contribution in [2.75, 3.05) is 0 Å². The lowest BCUT2D eigenvalue weighted by molar-refractivity contribution is 0.0880. The van der Waals surface area contributed by atoms with E-state index in [9.17, 15) is 9.90 Å². The van der Waals surface area contributed by atoms with E-state index in [1.807, 2.05) is 67.6 Å². The van der Waals surface area contributed by atoms with Crippen molar-refractivity contribution >= 4 is 5.91 Å². The van der Waals surface area contributed by atoms with Gasteiger partial charge in [0.05, 0.1) is 6.10 Å². The third-order valence-electron chi connectivity index (χ3n) is 3.94. The quantitative estimate of drug-likeness (QED) is 0.721. The highest BCUT2D eigenvalue weighted by Gasteiger charge is 2.18. The molecule has 2 aromatic carbocycles. The van der Waals surface area contributed by atoms with Crippen molar-refractivity contribution < 1.29 is 14.4 Å². The Morgan fingerprint density at radius 1 is 1.12 bits per heavy atom. The number of carbonyl (C=O) groups is 1. The highest BCUT2D eigenvalue weighted by Crippen LogP contribution is 2.20. The zero-order valence-corrected chi connectivity index (χ0v) is 13.9. The maximum absolute atomic E-state index is 12.3. The van der Waals surface area contributed by atoms with Crippen molar-refractivity contribution in [3.63, 3.8) is 0 Å².